The molecule has 1 aliphatic rings. The zero-order valence-electron chi connectivity index (χ0n) is 8.73. The van der Waals surface area contributed by atoms with Crippen LogP contribution in [0.1, 0.15) is 11.6 Å². The van der Waals surface area contributed by atoms with Crippen molar-refractivity contribution in [3.63, 3.8) is 0 Å². The van der Waals surface area contributed by atoms with Crippen molar-refractivity contribution in [3.05, 3.63) is 23.8 Å². The highest BCUT2D eigenvalue weighted by Crippen LogP contribution is 2.33. The van der Waals surface area contributed by atoms with Crippen LogP contribution < -0.4 is 15.2 Å². The van der Waals surface area contributed by atoms with Crippen molar-refractivity contribution in [1.29, 1.82) is 0 Å². The summed E-state index contributed by atoms with van der Waals surface area (Å²) in [7, 11) is 1.65. The molecule has 2 N–H and O–H groups in total. The second-order valence-electron chi connectivity index (χ2n) is 3.46. The van der Waals surface area contributed by atoms with Crippen LogP contribution in [0.5, 0.6) is 11.5 Å². The maximum atomic E-state index is 5.83. The van der Waals surface area contributed by atoms with Crippen LogP contribution >= 0.6 is 0 Å². The van der Waals surface area contributed by atoms with Gasteiger partial charge >= 0.3 is 0 Å². The molecule has 4 nitrogen and oxygen atoms in total. The van der Waals surface area contributed by atoms with Crippen LogP contribution in [-0.2, 0) is 4.74 Å². The van der Waals surface area contributed by atoms with Crippen LogP contribution in [0.2, 0.25) is 0 Å². The average molecular weight is 209 g/mol. The van der Waals surface area contributed by atoms with Gasteiger partial charge < -0.3 is 19.9 Å². The topological polar surface area (TPSA) is 53.7 Å². The summed E-state index contributed by atoms with van der Waals surface area (Å²) in [6, 6.07) is 5.73. The lowest BCUT2D eigenvalue weighted by Gasteiger charge is -2.07. The van der Waals surface area contributed by atoms with E-state index >= 15 is 0 Å². The summed E-state index contributed by atoms with van der Waals surface area (Å²) in [6.07, 6.45) is 0. The smallest absolute Gasteiger partial charge is 0.127 e. The molecule has 1 unspecified atom stereocenters. The number of rotatable bonds is 4. The Hall–Kier alpha value is -1.26. The number of fused-ring (bicyclic) bond motifs is 1. The van der Waals surface area contributed by atoms with Gasteiger partial charge in [0.05, 0.1) is 12.6 Å². The molecule has 4 heteroatoms. The summed E-state index contributed by atoms with van der Waals surface area (Å²) >= 11 is 0. The SMILES string of the molecule is COCCOc1ccc2c(c1)OCC2N. The van der Waals surface area contributed by atoms with E-state index < -0.39 is 0 Å². The van der Waals surface area contributed by atoms with Gasteiger partial charge in [-0.1, -0.05) is 0 Å². The number of ether oxygens (including phenoxy) is 3. The van der Waals surface area contributed by atoms with Gasteiger partial charge in [-0.05, 0) is 12.1 Å². The van der Waals surface area contributed by atoms with E-state index in [1.165, 1.54) is 0 Å². The minimum absolute atomic E-state index is 0.00646. The normalized spacial score (nSPS) is 18.4. The number of methoxy groups -OCH3 is 1. The van der Waals surface area contributed by atoms with Crippen LogP contribution in [0.4, 0.5) is 0 Å². The standard InChI is InChI=1S/C11H15NO3/c1-13-4-5-14-8-2-3-9-10(12)7-15-11(9)6-8/h2-3,6,10H,4-5,7,12H2,1H3. The zero-order chi connectivity index (χ0) is 10.7. The molecule has 0 bridgehead atoms. The first-order chi connectivity index (χ1) is 7.31. The number of nitrogens with two attached hydrogens (primary N) is 1. The van der Waals surface area contributed by atoms with Gasteiger partial charge in [0.15, 0.2) is 0 Å². The van der Waals surface area contributed by atoms with E-state index in [1.54, 1.807) is 7.11 Å². The fraction of sp³-hybridized carbons (Fsp3) is 0.455. The molecule has 0 saturated carbocycles. The molecule has 0 aromatic heterocycles. The second kappa shape index (κ2) is 4.51. The predicted molar refractivity (Wildman–Crippen MR) is 56.2 cm³/mol. The fourth-order valence-corrected chi connectivity index (χ4v) is 1.55. The maximum Gasteiger partial charge on any atom is 0.127 e. The molecule has 1 atom stereocenters. The van der Waals surface area contributed by atoms with Crippen LogP contribution in [0.3, 0.4) is 0 Å². The molecular formula is C11H15NO3. The molecule has 1 aromatic rings. The van der Waals surface area contributed by atoms with E-state index in [2.05, 4.69) is 0 Å². The Morgan fingerprint density at radius 1 is 1.47 bits per heavy atom. The Labute approximate surface area is 88.9 Å². The molecule has 82 valence electrons. The minimum atomic E-state index is -0.00646. The molecule has 1 aromatic carbocycles. The number of benzene rings is 1. The monoisotopic (exact) mass is 209 g/mol. The highest BCUT2D eigenvalue weighted by atomic mass is 16.5. The average Bonchev–Trinajstić information content (AvgIpc) is 2.61. The van der Waals surface area contributed by atoms with Gasteiger partial charge in [0, 0.05) is 18.7 Å². The van der Waals surface area contributed by atoms with Gasteiger partial charge in [-0.15, -0.1) is 0 Å². The Kier molecular flexibility index (Phi) is 3.08. The molecule has 15 heavy (non-hydrogen) atoms. The van der Waals surface area contributed by atoms with Crippen LogP contribution in [0, 0.1) is 0 Å². The Balaban J connectivity index is 2.03. The van der Waals surface area contributed by atoms with Gasteiger partial charge in [0.2, 0.25) is 0 Å². The molecule has 1 aliphatic heterocycles. The van der Waals surface area contributed by atoms with E-state index in [-0.39, 0.29) is 6.04 Å². The predicted octanol–water partition coefficient (Wildman–Crippen LogP) is 1.10. The lowest BCUT2D eigenvalue weighted by atomic mass is 10.1. The first kappa shape index (κ1) is 10.3. The van der Waals surface area contributed by atoms with Crippen molar-refractivity contribution in [1.82, 2.24) is 0 Å². The summed E-state index contributed by atoms with van der Waals surface area (Å²) in [4.78, 5) is 0. The zero-order valence-corrected chi connectivity index (χ0v) is 8.73. The molecule has 0 amide bonds. The summed E-state index contributed by atoms with van der Waals surface area (Å²) in [5.41, 5.74) is 6.88. The molecule has 0 fully saturated rings. The van der Waals surface area contributed by atoms with E-state index in [1.807, 2.05) is 18.2 Å². The fourth-order valence-electron chi connectivity index (χ4n) is 1.55. The second-order valence-corrected chi connectivity index (χ2v) is 3.46. The molecule has 0 spiro atoms. The van der Waals surface area contributed by atoms with Crippen molar-refractivity contribution in [3.8, 4) is 11.5 Å². The molecule has 2 rings (SSSR count). The van der Waals surface area contributed by atoms with Crippen molar-refractivity contribution in [2.24, 2.45) is 5.73 Å². The minimum Gasteiger partial charge on any atom is -0.491 e. The Morgan fingerprint density at radius 2 is 2.33 bits per heavy atom. The molecular weight excluding hydrogens is 194 g/mol. The Bertz CT molecular complexity index is 341. The van der Waals surface area contributed by atoms with Gasteiger partial charge in [0.25, 0.3) is 0 Å². The summed E-state index contributed by atoms with van der Waals surface area (Å²) in [5.74, 6) is 1.62. The van der Waals surface area contributed by atoms with Gasteiger partial charge in [-0.3, -0.25) is 0 Å². The largest absolute Gasteiger partial charge is 0.491 e. The van der Waals surface area contributed by atoms with Crippen molar-refractivity contribution < 1.29 is 14.2 Å². The summed E-state index contributed by atoms with van der Waals surface area (Å²) < 4.78 is 15.8. The number of hydrogen-bond acceptors (Lipinski definition) is 4. The lowest BCUT2D eigenvalue weighted by Crippen LogP contribution is -2.10. The van der Waals surface area contributed by atoms with Gasteiger partial charge in [-0.25, -0.2) is 0 Å². The van der Waals surface area contributed by atoms with E-state index in [0.717, 1.165) is 17.1 Å². The van der Waals surface area contributed by atoms with E-state index in [0.29, 0.717) is 19.8 Å². The van der Waals surface area contributed by atoms with E-state index in [4.69, 9.17) is 19.9 Å². The third-order valence-corrected chi connectivity index (χ3v) is 2.36. The van der Waals surface area contributed by atoms with Crippen LogP contribution in [0.15, 0.2) is 18.2 Å². The summed E-state index contributed by atoms with van der Waals surface area (Å²) in [6.45, 7) is 1.68. The first-order valence-corrected chi connectivity index (χ1v) is 4.95. The number of hydrogen-bond donors (Lipinski definition) is 1. The van der Waals surface area contributed by atoms with Crippen molar-refractivity contribution in [2.45, 2.75) is 6.04 Å². The highest BCUT2D eigenvalue weighted by molar-refractivity contribution is 5.44. The third-order valence-electron chi connectivity index (χ3n) is 2.36. The molecule has 1 heterocycles. The van der Waals surface area contributed by atoms with Gasteiger partial charge in [-0.2, -0.15) is 0 Å². The van der Waals surface area contributed by atoms with E-state index in [9.17, 15) is 0 Å². The van der Waals surface area contributed by atoms with Crippen molar-refractivity contribution in [2.75, 3.05) is 26.9 Å². The van der Waals surface area contributed by atoms with Crippen molar-refractivity contribution >= 4 is 0 Å². The molecule has 0 aliphatic carbocycles. The first-order valence-electron chi connectivity index (χ1n) is 4.95. The molecule has 0 saturated heterocycles. The van der Waals surface area contributed by atoms with Crippen LogP contribution in [0.25, 0.3) is 0 Å². The quantitative estimate of drug-likeness (QED) is 0.754. The third kappa shape index (κ3) is 2.22. The van der Waals surface area contributed by atoms with Crippen LogP contribution in [-0.4, -0.2) is 26.9 Å². The summed E-state index contributed by atoms with van der Waals surface area (Å²) in [5, 5.41) is 0. The lowest BCUT2D eigenvalue weighted by molar-refractivity contribution is 0.146. The Morgan fingerprint density at radius 3 is 3.13 bits per heavy atom. The highest BCUT2D eigenvalue weighted by Gasteiger charge is 2.20. The molecule has 0 radical (unpaired) electrons. The van der Waals surface area contributed by atoms with Gasteiger partial charge in [0.1, 0.15) is 24.7 Å². The maximum absolute atomic E-state index is 5.83.